The quantitative estimate of drug-likeness (QED) is 0.747. The van der Waals surface area contributed by atoms with E-state index in [4.69, 9.17) is 0 Å². The Kier molecular flexibility index (Phi) is 3.66. The molecule has 0 bridgehead atoms. The molecule has 2 heterocycles. The molecule has 0 aliphatic carbocycles. The average Bonchev–Trinajstić information content (AvgIpc) is 2.54. The zero-order valence-corrected chi connectivity index (χ0v) is 12.2. The summed E-state index contributed by atoms with van der Waals surface area (Å²) in [5.41, 5.74) is 4.25. The lowest BCUT2D eigenvalue weighted by atomic mass is 10.1. The van der Waals surface area contributed by atoms with Crippen LogP contribution in [0, 0.1) is 6.92 Å². The molecule has 1 aromatic carbocycles. The van der Waals surface area contributed by atoms with E-state index in [1.165, 1.54) is 6.08 Å². The third-order valence-electron chi connectivity index (χ3n) is 3.35. The minimum absolute atomic E-state index is 0.244. The predicted molar refractivity (Wildman–Crippen MR) is 88.5 cm³/mol. The van der Waals surface area contributed by atoms with E-state index in [1.54, 1.807) is 6.20 Å². The number of anilines is 1. The smallest absolute Gasteiger partial charge is 0.247 e. The molecule has 0 saturated carbocycles. The highest BCUT2D eigenvalue weighted by Gasteiger charge is 2.07. The van der Waals surface area contributed by atoms with Gasteiger partial charge in [-0.15, -0.1) is 0 Å². The summed E-state index contributed by atoms with van der Waals surface area (Å²) in [4.78, 5) is 20.5. The first kappa shape index (κ1) is 13.9. The van der Waals surface area contributed by atoms with E-state index >= 15 is 0 Å². The molecule has 2 aromatic heterocycles. The third kappa shape index (κ3) is 2.72. The van der Waals surface area contributed by atoms with Crippen LogP contribution < -0.4 is 5.32 Å². The lowest BCUT2D eigenvalue weighted by Crippen LogP contribution is -2.07. The van der Waals surface area contributed by atoms with E-state index in [0.717, 1.165) is 27.9 Å². The number of hydrogen-bond donors (Lipinski definition) is 1. The summed E-state index contributed by atoms with van der Waals surface area (Å²) in [6, 6.07) is 13.5. The molecule has 3 rings (SSSR count). The minimum atomic E-state index is -0.244. The van der Waals surface area contributed by atoms with Crippen molar-refractivity contribution < 1.29 is 4.79 Å². The summed E-state index contributed by atoms with van der Waals surface area (Å²) in [6.07, 6.45) is 3.04. The second-order valence-corrected chi connectivity index (χ2v) is 4.95. The lowest BCUT2D eigenvalue weighted by Gasteiger charge is -2.08. The van der Waals surface area contributed by atoms with Gasteiger partial charge in [0.05, 0.1) is 16.9 Å². The van der Waals surface area contributed by atoms with E-state index in [9.17, 15) is 4.79 Å². The van der Waals surface area contributed by atoms with Crippen molar-refractivity contribution in [2.75, 3.05) is 5.32 Å². The molecule has 0 aliphatic heterocycles. The van der Waals surface area contributed by atoms with Crippen LogP contribution in [0.5, 0.6) is 0 Å². The number of fused-ring (bicyclic) bond motifs is 1. The summed E-state index contributed by atoms with van der Waals surface area (Å²) in [5, 5.41) is 3.68. The monoisotopic (exact) mass is 289 g/mol. The maximum atomic E-state index is 11.6. The number of nitrogens with one attached hydrogen (secondary N) is 1. The van der Waals surface area contributed by atoms with Crippen molar-refractivity contribution in [2.45, 2.75) is 6.92 Å². The number of carbonyl (C=O) groups excluding carboxylic acids is 1. The van der Waals surface area contributed by atoms with Gasteiger partial charge < -0.3 is 5.32 Å². The highest BCUT2D eigenvalue weighted by molar-refractivity contribution is 6.05. The maximum absolute atomic E-state index is 11.6. The fraction of sp³-hybridized carbons (Fsp3) is 0.0556. The number of aromatic nitrogens is 2. The zero-order valence-electron chi connectivity index (χ0n) is 12.2. The summed E-state index contributed by atoms with van der Waals surface area (Å²) < 4.78 is 0. The molecule has 3 aromatic rings. The Labute approximate surface area is 128 Å². The van der Waals surface area contributed by atoms with E-state index in [-0.39, 0.29) is 5.91 Å². The van der Waals surface area contributed by atoms with Gasteiger partial charge in [0.1, 0.15) is 0 Å². The summed E-state index contributed by atoms with van der Waals surface area (Å²) in [6.45, 7) is 5.43. The van der Waals surface area contributed by atoms with Crippen LogP contribution in [0.1, 0.15) is 5.69 Å². The number of carbonyl (C=O) groups is 1. The SMILES string of the molecule is C=CC(=O)Nc1cccc2ncc(-c3cccc(C)n3)cc12. The molecule has 1 amide bonds. The van der Waals surface area contributed by atoms with E-state index in [0.29, 0.717) is 5.69 Å². The molecule has 0 atom stereocenters. The van der Waals surface area contributed by atoms with Crippen molar-refractivity contribution >= 4 is 22.5 Å². The molecule has 0 radical (unpaired) electrons. The maximum Gasteiger partial charge on any atom is 0.247 e. The standard InChI is InChI=1S/C18H15N3O/c1-3-18(22)21-17-9-5-8-16-14(17)10-13(11-19-16)15-7-4-6-12(2)20-15/h3-11H,1H2,2H3,(H,21,22). The molecule has 0 aliphatic rings. The molecule has 22 heavy (non-hydrogen) atoms. The van der Waals surface area contributed by atoms with Crippen LogP contribution in [0.4, 0.5) is 5.69 Å². The number of rotatable bonds is 3. The summed E-state index contributed by atoms with van der Waals surface area (Å²) in [5.74, 6) is -0.244. The van der Waals surface area contributed by atoms with E-state index in [1.807, 2.05) is 49.4 Å². The normalized spacial score (nSPS) is 10.4. The number of benzene rings is 1. The van der Waals surface area contributed by atoms with Gasteiger partial charge in [-0.3, -0.25) is 14.8 Å². The van der Waals surface area contributed by atoms with Crippen LogP contribution in [0.2, 0.25) is 0 Å². The van der Waals surface area contributed by atoms with Crippen molar-refractivity contribution in [1.82, 2.24) is 9.97 Å². The molecule has 0 saturated heterocycles. The van der Waals surface area contributed by atoms with Gasteiger partial charge >= 0.3 is 0 Å². The van der Waals surface area contributed by atoms with Crippen molar-refractivity contribution in [3.8, 4) is 11.3 Å². The Hall–Kier alpha value is -3.01. The van der Waals surface area contributed by atoms with Gasteiger partial charge in [0, 0.05) is 22.8 Å². The van der Waals surface area contributed by atoms with Gasteiger partial charge in [-0.25, -0.2) is 0 Å². The van der Waals surface area contributed by atoms with Crippen LogP contribution in [0.3, 0.4) is 0 Å². The number of hydrogen-bond acceptors (Lipinski definition) is 3. The zero-order chi connectivity index (χ0) is 15.5. The fourth-order valence-electron chi connectivity index (χ4n) is 2.29. The second-order valence-electron chi connectivity index (χ2n) is 4.95. The minimum Gasteiger partial charge on any atom is -0.322 e. The second kappa shape index (κ2) is 5.77. The first-order valence-corrected chi connectivity index (χ1v) is 6.93. The molecule has 4 heteroatoms. The topological polar surface area (TPSA) is 54.9 Å². The number of pyridine rings is 2. The largest absolute Gasteiger partial charge is 0.322 e. The van der Waals surface area contributed by atoms with E-state index < -0.39 is 0 Å². The van der Waals surface area contributed by atoms with Crippen molar-refractivity contribution in [3.63, 3.8) is 0 Å². The first-order chi connectivity index (χ1) is 10.7. The molecule has 4 nitrogen and oxygen atoms in total. The Morgan fingerprint density at radius 1 is 1.23 bits per heavy atom. The number of amides is 1. The van der Waals surface area contributed by atoms with Crippen LogP contribution in [0.15, 0.2) is 61.3 Å². The van der Waals surface area contributed by atoms with Gasteiger partial charge in [0.15, 0.2) is 0 Å². The molecular weight excluding hydrogens is 274 g/mol. The highest BCUT2D eigenvalue weighted by Crippen LogP contribution is 2.26. The van der Waals surface area contributed by atoms with Crippen LogP contribution in [-0.2, 0) is 4.79 Å². The van der Waals surface area contributed by atoms with Crippen LogP contribution >= 0.6 is 0 Å². The van der Waals surface area contributed by atoms with Crippen LogP contribution in [0.25, 0.3) is 22.2 Å². The summed E-state index contributed by atoms with van der Waals surface area (Å²) >= 11 is 0. The Morgan fingerprint density at radius 3 is 2.82 bits per heavy atom. The highest BCUT2D eigenvalue weighted by atomic mass is 16.1. The van der Waals surface area contributed by atoms with E-state index in [2.05, 4.69) is 21.9 Å². The Morgan fingerprint density at radius 2 is 2.05 bits per heavy atom. The van der Waals surface area contributed by atoms with Gasteiger partial charge in [-0.05, 0) is 43.3 Å². The molecule has 1 N–H and O–H groups in total. The molecule has 0 unspecified atom stereocenters. The molecule has 0 fully saturated rings. The summed E-state index contributed by atoms with van der Waals surface area (Å²) in [7, 11) is 0. The predicted octanol–water partition coefficient (Wildman–Crippen LogP) is 3.73. The van der Waals surface area contributed by atoms with Gasteiger partial charge in [-0.2, -0.15) is 0 Å². The lowest BCUT2D eigenvalue weighted by molar-refractivity contribution is -0.111. The molecule has 108 valence electrons. The fourth-order valence-corrected chi connectivity index (χ4v) is 2.29. The Bertz CT molecular complexity index is 871. The van der Waals surface area contributed by atoms with Crippen LogP contribution in [-0.4, -0.2) is 15.9 Å². The molecular formula is C18H15N3O. The number of aryl methyl sites for hydroxylation is 1. The Balaban J connectivity index is 2.13. The molecule has 0 spiro atoms. The third-order valence-corrected chi connectivity index (χ3v) is 3.35. The average molecular weight is 289 g/mol. The number of nitrogens with zero attached hydrogens (tertiary/aromatic N) is 2. The van der Waals surface area contributed by atoms with Gasteiger partial charge in [-0.1, -0.05) is 18.7 Å². The van der Waals surface area contributed by atoms with Gasteiger partial charge in [0.2, 0.25) is 5.91 Å². The van der Waals surface area contributed by atoms with Crippen molar-refractivity contribution in [2.24, 2.45) is 0 Å². The van der Waals surface area contributed by atoms with Crippen molar-refractivity contribution in [3.05, 3.63) is 67.0 Å². The first-order valence-electron chi connectivity index (χ1n) is 6.93. The van der Waals surface area contributed by atoms with Crippen molar-refractivity contribution in [1.29, 1.82) is 0 Å². The van der Waals surface area contributed by atoms with Gasteiger partial charge in [0.25, 0.3) is 0 Å².